The summed E-state index contributed by atoms with van der Waals surface area (Å²) in [6.45, 7) is 6.76. The van der Waals surface area contributed by atoms with Gasteiger partial charge in [-0.3, -0.25) is 0 Å². The van der Waals surface area contributed by atoms with Gasteiger partial charge in [-0.15, -0.1) is 8.46 Å². The molecule has 0 aliphatic rings. The van der Waals surface area contributed by atoms with Gasteiger partial charge in [0.2, 0.25) is 0 Å². The Morgan fingerprint density at radius 1 is 0.600 bits per heavy atom. The molecule has 0 aromatic heterocycles. The number of hydrogen-bond donors (Lipinski definition) is 0. The van der Waals surface area contributed by atoms with E-state index in [4.69, 9.17) is 0 Å². The molecule has 3 aromatic rings. The maximum Gasteiger partial charge on any atom is 0.00785 e. The lowest BCUT2D eigenvalue weighted by molar-refractivity contribution is 0.589. The van der Waals surface area contributed by atoms with Gasteiger partial charge < -0.3 is 5.48 Å². The Morgan fingerprint density at radius 2 is 0.960 bits per heavy atom. The Kier molecular flexibility index (Phi) is 6.15. The van der Waals surface area contributed by atoms with E-state index in [1.54, 1.807) is 0 Å². The van der Waals surface area contributed by atoms with Crippen molar-refractivity contribution in [2.75, 3.05) is 0 Å². The van der Waals surface area contributed by atoms with E-state index in [9.17, 15) is 0 Å². The molecule has 3 aromatic carbocycles. The summed E-state index contributed by atoms with van der Waals surface area (Å²) in [6.07, 6.45) is 0. The zero-order chi connectivity index (χ0) is 17.2. The van der Waals surface area contributed by atoms with Gasteiger partial charge in [0.1, 0.15) is 0 Å². The summed E-state index contributed by atoms with van der Waals surface area (Å²) < 4.78 is 0. The van der Waals surface area contributed by atoms with Crippen molar-refractivity contribution in [2.24, 2.45) is 0 Å². The molecule has 3 rings (SSSR count). The Morgan fingerprint density at radius 3 is 1.32 bits per heavy atom. The second-order valence-electron chi connectivity index (χ2n) is 6.94. The van der Waals surface area contributed by atoms with Crippen LogP contribution in [0.4, 0.5) is 0 Å². The molecule has 25 heavy (non-hydrogen) atoms. The summed E-state index contributed by atoms with van der Waals surface area (Å²) in [6, 6.07) is 30.6. The standard InChI is InChI=1S/C22H23BrS.H2O/c1-22(2,3)18-14-16-21(17-15-18)24(23,19-10-6-4-7-11-19)20-12-8-5-9-13-20;/h4-17H,1-3H3;1H2. The minimum absolute atomic E-state index is 0. The van der Waals surface area contributed by atoms with E-state index in [1.165, 1.54) is 20.2 Å². The minimum atomic E-state index is -1.42. The largest absolute Gasteiger partial charge is 0.412 e. The molecule has 0 fully saturated rings. The lowest BCUT2D eigenvalue weighted by Crippen LogP contribution is -2.10. The summed E-state index contributed by atoms with van der Waals surface area (Å²) in [5, 5.41) is 0. The van der Waals surface area contributed by atoms with Crippen molar-refractivity contribution in [3.63, 3.8) is 0 Å². The zero-order valence-corrected chi connectivity index (χ0v) is 17.3. The SMILES string of the molecule is CC(C)(C)c1ccc(S(Br)(c2ccccc2)c2ccccc2)cc1.O. The molecule has 3 heteroatoms. The summed E-state index contributed by atoms with van der Waals surface area (Å²) in [5.74, 6) is 0. The van der Waals surface area contributed by atoms with Gasteiger partial charge in [0, 0.05) is 14.7 Å². The van der Waals surface area contributed by atoms with Gasteiger partial charge in [-0.05, 0) is 62.2 Å². The summed E-state index contributed by atoms with van der Waals surface area (Å²) >= 11 is 4.17. The maximum absolute atomic E-state index is 4.17. The second-order valence-corrected chi connectivity index (χ2v) is 12.3. The number of hydrogen-bond acceptors (Lipinski definition) is 0. The van der Waals surface area contributed by atoms with Crippen LogP contribution in [0.15, 0.2) is 99.6 Å². The van der Waals surface area contributed by atoms with E-state index < -0.39 is 8.46 Å². The molecule has 0 amide bonds. The lowest BCUT2D eigenvalue weighted by atomic mass is 9.87. The normalized spacial score (nSPS) is 12.3. The summed E-state index contributed by atoms with van der Waals surface area (Å²) in [4.78, 5) is 3.97. The van der Waals surface area contributed by atoms with Crippen LogP contribution in [-0.2, 0) is 5.41 Å². The smallest absolute Gasteiger partial charge is 0.00785 e. The highest BCUT2D eigenvalue weighted by Crippen LogP contribution is 2.73. The second kappa shape index (κ2) is 7.77. The Hall–Kier alpha value is -1.55. The third-order valence-electron chi connectivity index (χ3n) is 4.18. The van der Waals surface area contributed by atoms with E-state index in [0.29, 0.717) is 0 Å². The first-order valence-corrected chi connectivity index (χ1v) is 11.6. The highest BCUT2D eigenvalue weighted by molar-refractivity contribution is 9.58. The Balaban J connectivity index is 0.00000225. The molecular weight excluding hydrogens is 392 g/mol. The van der Waals surface area contributed by atoms with Gasteiger partial charge in [0.05, 0.1) is 0 Å². The fraction of sp³-hybridized carbons (Fsp3) is 0.182. The fourth-order valence-corrected chi connectivity index (χ4v) is 7.10. The van der Waals surface area contributed by atoms with Crippen molar-refractivity contribution in [3.05, 3.63) is 90.5 Å². The first-order valence-electron chi connectivity index (χ1n) is 8.16. The van der Waals surface area contributed by atoms with Crippen molar-refractivity contribution in [1.82, 2.24) is 0 Å². The van der Waals surface area contributed by atoms with E-state index in [2.05, 4.69) is 121 Å². The van der Waals surface area contributed by atoms with E-state index >= 15 is 0 Å². The molecular formula is C22H25BrOS. The van der Waals surface area contributed by atoms with Crippen molar-refractivity contribution >= 4 is 23.3 Å². The monoisotopic (exact) mass is 416 g/mol. The molecule has 0 radical (unpaired) electrons. The van der Waals surface area contributed by atoms with Crippen LogP contribution in [0, 0.1) is 0 Å². The molecule has 0 heterocycles. The number of rotatable bonds is 3. The molecule has 0 atom stereocenters. The maximum atomic E-state index is 4.17. The molecule has 0 aliphatic carbocycles. The third kappa shape index (κ3) is 4.00. The van der Waals surface area contributed by atoms with Crippen LogP contribution in [-0.4, -0.2) is 5.48 Å². The highest BCUT2D eigenvalue weighted by atomic mass is 79.9. The van der Waals surface area contributed by atoms with E-state index in [1.807, 2.05) is 0 Å². The molecule has 2 N–H and O–H groups in total. The van der Waals surface area contributed by atoms with Gasteiger partial charge in [0.15, 0.2) is 0 Å². The molecule has 132 valence electrons. The Labute approximate surface area is 159 Å². The van der Waals surface area contributed by atoms with Crippen LogP contribution in [0.3, 0.4) is 0 Å². The summed E-state index contributed by atoms with van der Waals surface area (Å²) in [7, 11) is -1.42. The average molecular weight is 417 g/mol. The van der Waals surface area contributed by atoms with Gasteiger partial charge in [-0.1, -0.05) is 69.3 Å². The number of halogens is 1. The van der Waals surface area contributed by atoms with Crippen molar-refractivity contribution in [3.8, 4) is 0 Å². The quantitative estimate of drug-likeness (QED) is 0.451. The predicted molar refractivity (Wildman–Crippen MR) is 113 cm³/mol. The predicted octanol–water partition coefficient (Wildman–Crippen LogP) is 6.75. The van der Waals surface area contributed by atoms with Crippen LogP contribution < -0.4 is 0 Å². The van der Waals surface area contributed by atoms with E-state index in [-0.39, 0.29) is 10.9 Å². The van der Waals surface area contributed by atoms with Crippen LogP contribution in [0.25, 0.3) is 0 Å². The minimum Gasteiger partial charge on any atom is -0.412 e. The van der Waals surface area contributed by atoms with Crippen LogP contribution in [0.2, 0.25) is 0 Å². The first-order chi connectivity index (χ1) is 11.4. The zero-order valence-electron chi connectivity index (χ0n) is 14.9. The lowest BCUT2D eigenvalue weighted by Gasteiger charge is -2.35. The van der Waals surface area contributed by atoms with Crippen molar-refractivity contribution in [1.29, 1.82) is 0 Å². The van der Waals surface area contributed by atoms with Gasteiger partial charge in [0.25, 0.3) is 0 Å². The highest BCUT2D eigenvalue weighted by Gasteiger charge is 2.28. The van der Waals surface area contributed by atoms with Crippen LogP contribution >= 0.6 is 23.3 Å². The van der Waals surface area contributed by atoms with Gasteiger partial charge in [-0.2, -0.15) is 0 Å². The van der Waals surface area contributed by atoms with Crippen LogP contribution in [0.5, 0.6) is 0 Å². The van der Waals surface area contributed by atoms with Crippen molar-refractivity contribution < 1.29 is 5.48 Å². The molecule has 0 saturated carbocycles. The van der Waals surface area contributed by atoms with Crippen LogP contribution in [0.1, 0.15) is 26.3 Å². The molecule has 0 unspecified atom stereocenters. The molecule has 0 saturated heterocycles. The molecule has 0 spiro atoms. The third-order valence-corrected chi connectivity index (χ3v) is 10.3. The molecule has 1 nitrogen and oxygen atoms in total. The Bertz CT molecular complexity index is 753. The van der Waals surface area contributed by atoms with Gasteiger partial charge in [-0.25, -0.2) is 0 Å². The first kappa shape index (κ1) is 19.8. The average Bonchev–Trinajstić information content (AvgIpc) is 2.62. The topological polar surface area (TPSA) is 31.5 Å². The fourth-order valence-electron chi connectivity index (χ4n) is 2.77. The van der Waals surface area contributed by atoms with E-state index in [0.717, 1.165) is 0 Å². The summed E-state index contributed by atoms with van der Waals surface area (Å²) in [5.41, 5.74) is 1.53. The number of benzene rings is 3. The van der Waals surface area contributed by atoms with Gasteiger partial charge >= 0.3 is 0 Å². The molecule has 0 aliphatic heterocycles. The van der Waals surface area contributed by atoms with Crippen molar-refractivity contribution in [2.45, 2.75) is 40.9 Å². The molecule has 0 bridgehead atoms.